The number of likely N-dealkylation sites (tertiary alicyclic amines) is 1. The lowest BCUT2D eigenvalue weighted by atomic mass is 9.65. The van der Waals surface area contributed by atoms with Crippen molar-refractivity contribution in [3.63, 3.8) is 0 Å². The van der Waals surface area contributed by atoms with Crippen LogP contribution < -0.4 is 0 Å². The van der Waals surface area contributed by atoms with E-state index in [1.54, 1.807) is 6.07 Å². The standard InChI is InChI=1S/C16H24N2O2/c1-5-12-6-13(17-20-12)14(19)18-10-16(4)8-11(18)7-15(2,3)9-16/h6,11H,5,7-10H2,1-4H3/t11-,16+/m1/s1. The number of fused-ring (bicyclic) bond motifs is 2. The van der Waals surface area contributed by atoms with Crippen LogP contribution in [0.4, 0.5) is 0 Å². The third kappa shape index (κ3) is 2.25. The van der Waals surface area contributed by atoms with Crippen LogP contribution in [0.15, 0.2) is 10.6 Å². The van der Waals surface area contributed by atoms with Crippen molar-refractivity contribution in [2.24, 2.45) is 10.8 Å². The summed E-state index contributed by atoms with van der Waals surface area (Å²) in [5.41, 5.74) is 1.06. The molecule has 0 N–H and O–H groups in total. The van der Waals surface area contributed by atoms with E-state index in [9.17, 15) is 4.79 Å². The van der Waals surface area contributed by atoms with Crippen molar-refractivity contribution in [1.29, 1.82) is 0 Å². The minimum absolute atomic E-state index is 0.0416. The first-order valence-corrected chi connectivity index (χ1v) is 7.58. The van der Waals surface area contributed by atoms with Gasteiger partial charge in [0.1, 0.15) is 5.76 Å². The summed E-state index contributed by atoms with van der Waals surface area (Å²) in [6, 6.07) is 2.15. The van der Waals surface area contributed by atoms with Crippen molar-refractivity contribution in [3.8, 4) is 0 Å². The first kappa shape index (κ1) is 13.7. The lowest BCUT2D eigenvalue weighted by molar-refractivity contribution is 0.0698. The Hall–Kier alpha value is -1.32. The highest BCUT2D eigenvalue weighted by Crippen LogP contribution is 2.52. The third-order valence-corrected chi connectivity index (χ3v) is 4.80. The Bertz CT molecular complexity index is 534. The van der Waals surface area contributed by atoms with Gasteiger partial charge < -0.3 is 9.42 Å². The van der Waals surface area contributed by atoms with Crippen molar-refractivity contribution < 1.29 is 9.32 Å². The molecule has 0 aromatic carbocycles. The third-order valence-electron chi connectivity index (χ3n) is 4.80. The number of carbonyl (C=O) groups is 1. The van der Waals surface area contributed by atoms with Gasteiger partial charge in [0, 0.05) is 25.1 Å². The monoisotopic (exact) mass is 276 g/mol. The van der Waals surface area contributed by atoms with Crippen LogP contribution in [-0.4, -0.2) is 28.6 Å². The van der Waals surface area contributed by atoms with E-state index in [2.05, 4.69) is 25.9 Å². The van der Waals surface area contributed by atoms with Gasteiger partial charge in [-0.3, -0.25) is 4.79 Å². The van der Waals surface area contributed by atoms with Gasteiger partial charge in [-0.2, -0.15) is 0 Å². The predicted molar refractivity (Wildman–Crippen MR) is 76.4 cm³/mol. The first-order chi connectivity index (χ1) is 9.32. The molecule has 1 saturated carbocycles. The van der Waals surface area contributed by atoms with Crippen molar-refractivity contribution in [2.45, 2.75) is 59.4 Å². The molecule has 0 radical (unpaired) electrons. The number of aromatic nitrogens is 1. The van der Waals surface area contributed by atoms with Crippen LogP contribution in [0.1, 0.15) is 63.2 Å². The average molecular weight is 276 g/mol. The number of hydrogen-bond acceptors (Lipinski definition) is 3. The Balaban J connectivity index is 1.83. The normalized spacial score (nSPS) is 31.6. The summed E-state index contributed by atoms with van der Waals surface area (Å²) in [6.07, 6.45) is 4.18. The van der Waals surface area contributed by atoms with Crippen LogP contribution >= 0.6 is 0 Å². The maximum atomic E-state index is 12.7. The second-order valence-corrected chi connectivity index (χ2v) is 7.68. The van der Waals surface area contributed by atoms with Gasteiger partial charge in [-0.05, 0) is 30.1 Å². The maximum Gasteiger partial charge on any atom is 0.276 e. The molecule has 20 heavy (non-hydrogen) atoms. The molecule has 3 rings (SSSR count). The Kier molecular flexibility index (Phi) is 2.96. The lowest BCUT2D eigenvalue weighted by Gasteiger charge is -2.39. The predicted octanol–water partition coefficient (Wildman–Crippen LogP) is 3.28. The van der Waals surface area contributed by atoms with Gasteiger partial charge in [-0.15, -0.1) is 0 Å². The largest absolute Gasteiger partial charge is 0.361 e. The quantitative estimate of drug-likeness (QED) is 0.832. The number of aryl methyl sites for hydroxylation is 1. The van der Waals surface area contributed by atoms with Crippen molar-refractivity contribution >= 4 is 5.91 Å². The first-order valence-electron chi connectivity index (χ1n) is 7.58. The van der Waals surface area contributed by atoms with Crippen molar-refractivity contribution in [1.82, 2.24) is 10.1 Å². The zero-order valence-corrected chi connectivity index (χ0v) is 12.9. The van der Waals surface area contributed by atoms with E-state index in [1.807, 2.05) is 11.8 Å². The minimum Gasteiger partial charge on any atom is -0.361 e. The van der Waals surface area contributed by atoms with E-state index >= 15 is 0 Å². The molecule has 1 aliphatic heterocycles. The molecule has 2 bridgehead atoms. The molecule has 2 atom stereocenters. The van der Waals surface area contributed by atoms with Gasteiger partial charge in [-0.1, -0.05) is 32.9 Å². The van der Waals surface area contributed by atoms with Crippen LogP contribution in [0, 0.1) is 10.8 Å². The highest BCUT2D eigenvalue weighted by molar-refractivity contribution is 5.92. The zero-order chi connectivity index (χ0) is 14.5. The number of hydrogen-bond donors (Lipinski definition) is 0. The van der Waals surface area contributed by atoms with Crippen molar-refractivity contribution in [3.05, 3.63) is 17.5 Å². The van der Waals surface area contributed by atoms with Gasteiger partial charge in [0.25, 0.3) is 5.91 Å². The Labute approximate surface area is 120 Å². The summed E-state index contributed by atoms with van der Waals surface area (Å²) in [6.45, 7) is 9.80. The van der Waals surface area contributed by atoms with E-state index in [4.69, 9.17) is 4.52 Å². The molecule has 2 fully saturated rings. The fourth-order valence-electron chi connectivity index (χ4n) is 4.42. The molecular weight excluding hydrogens is 252 g/mol. The van der Waals surface area contributed by atoms with E-state index in [0.717, 1.165) is 31.6 Å². The molecule has 1 amide bonds. The summed E-state index contributed by atoms with van der Waals surface area (Å²) in [5, 5.41) is 3.94. The highest BCUT2D eigenvalue weighted by Gasteiger charge is 2.51. The molecule has 2 aliphatic rings. The van der Waals surface area contributed by atoms with Gasteiger partial charge in [0.2, 0.25) is 0 Å². The van der Waals surface area contributed by atoms with Crippen LogP contribution in [0.25, 0.3) is 0 Å². The molecule has 1 aromatic rings. The summed E-state index contributed by atoms with van der Waals surface area (Å²) < 4.78 is 5.17. The highest BCUT2D eigenvalue weighted by atomic mass is 16.5. The van der Waals surface area contributed by atoms with Crippen LogP contribution in [0.2, 0.25) is 0 Å². The van der Waals surface area contributed by atoms with Crippen LogP contribution in [0.5, 0.6) is 0 Å². The molecule has 4 heteroatoms. The Morgan fingerprint density at radius 1 is 1.45 bits per heavy atom. The maximum absolute atomic E-state index is 12.7. The molecule has 1 aliphatic carbocycles. The molecule has 4 nitrogen and oxygen atoms in total. The fraction of sp³-hybridized carbons (Fsp3) is 0.750. The van der Waals surface area contributed by atoms with Gasteiger partial charge in [-0.25, -0.2) is 0 Å². The van der Waals surface area contributed by atoms with Crippen molar-refractivity contribution in [2.75, 3.05) is 6.54 Å². The molecule has 0 unspecified atom stereocenters. The Morgan fingerprint density at radius 3 is 2.85 bits per heavy atom. The molecule has 2 heterocycles. The Morgan fingerprint density at radius 2 is 2.20 bits per heavy atom. The SMILES string of the molecule is CCc1cc(C(=O)N2C[C@@]3(C)C[C@H]2CC(C)(C)C3)no1. The number of nitrogens with zero attached hydrogens (tertiary/aromatic N) is 2. The fourth-order valence-corrected chi connectivity index (χ4v) is 4.42. The molecular formula is C16H24N2O2. The smallest absolute Gasteiger partial charge is 0.276 e. The summed E-state index contributed by atoms with van der Waals surface area (Å²) >= 11 is 0. The number of rotatable bonds is 2. The van der Waals surface area contributed by atoms with Gasteiger partial charge >= 0.3 is 0 Å². The second-order valence-electron chi connectivity index (χ2n) is 7.68. The number of carbonyl (C=O) groups excluding carboxylic acids is 1. The molecule has 0 spiro atoms. The van der Waals surface area contributed by atoms with Crippen LogP contribution in [0.3, 0.4) is 0 Å². The van der Waals surface area contributed by atoms with E-state index in [-0.39, 0.29) is 11.3 Å². The molecule has 110 valence electrons. The minimum atomic E-state index is 0.0416. The van der Waals surface area contributed by atoms with Gasteiger partial charge in [0.15, 0.2) is 5.69 Å². The average Bonchev–Trinajstić information content (AvgIpc) is 2.89. The molecule has 1 aromatic heterocycles. The van der Waals surface area contributed by atoms with Crippen LogP contribution in [-0.2, 0) is 6.42 Å². The summed E-state index contributed by atoms with van der Waals surface area (Å²) in [4.78, 5) is 14.7. The van der Waals surface area contributed by atoms with E-state index < -0.39 is 0 Å². The topological polar surface area (TPSA) is 46.3 Å². The summed E-state index contributed by atoms with van der Waals surface area (Å²) in [7, 11) is 0. The van der Waals surface area contributed by atoms with E-state index in [0.29, 0.717) is 17.2 Å². The zero-order valence-electron chi connectivity index (χ0n) is 12.9. The van der Waals surface area contributed by atoms with Gasteiger partial charge in [0.05, 0.1) is 0 Å². The lowest BCUT2D eigenvalue weighted by Crippen LogP contribution is -2.37. The second kappa shape index (κ2) is 4.34. The number of amides is 1. The summed E-state index contributed by atoms with van der Waals surface area (Å²) in [5.74, 6) is 0.821. The van der Waals surface area contributed by atoms with E-state index in [1.165, 1.54) is 6.42 Å². The molecule has 1 saturated heterocycles.